The molecular weight excluding hydrogens is 566 g/mol. The molecule has 1 aromatic heterocycles. The first-order valence-electron chi connectivity index (χ1n) is 12.2. The Morgan fingerprint density at radius 2 is 1.93 bits per heavy atom. The van der Waals surface area contributed by atoms with E-state index in [1.165, 1.54) is 12.3 Å². The molecule has 0 aliphatic rings. The van der Waals surface area contributed by atoms with Crippen LogP contribution in [0.4, 0.5) is 19.3 Å². The number of amides is 1. The number of benzene rings is 2. The molecule has 216 valence electrons. The minimum atomic E-state index is -2.95. The second kappa shape index (κ2) is 12.8. The zero-order chi connectivity index (χ0) is 29.7. The second-order valence-corrected chi connectivity index (χ2v) is 12.9. The Hall–Kier alpha value is -3.51. The zero-order valence-electron chi connectivity index (χ0n) is 22.7. The summed E-state index contributed by atoms with van der Waals surface area (Å²) in [5.74, 6) is -0.846. The minimum absolute atomic E-state index is 0.0445. The fourth-order valence-corrected chi connectivity index (χ4v) is 4.92. The second-order valence-electron chi connectivity index (χ2n) is 10.1. The molecule has 40 heavy (non-hydrogen) atoms. The van der Waals surface area contributed by atoms with Crippen molar-refractivity contribution in [2.75, 3.05) is 18.6 Å². The summed E-state index contributed by atoms with van der Waals surface area (Å²) < 4.78 is 61.8. The fourth-order valence-electron chi connectivity index (χ4n) is 3.59. The van der Waals surface area contributed by atoms with Gasteiger partial charge in [-0.3, -0.25) is 0 Å². The third-order valence-electron chi connectivity index (χ3n) is 5.12. The Balaban J connectivity index is 1.66. The number of hydrogen-bond donors (Lipinski definition) is 1. The summed E-state index contributed by atoms with van der Waals surface area (Å²) in [5, 5.41) is -0.160. The molecule has 3 aromatic rings. The molecule has 0 aliphatic carbocycles. The van der Waals surface area contributed by atoms with Crippen molar-refractivity contribution in [3.05, 3.63) is 65.1 Å². The number of ether oxygens (including phenoxy) is 3. The van der Waals surface area contributed by atoms with Crippen molar-refractivity contribution in [3.63, 3.8) is 0 Å². The van der Waals surface area contributed by atoms with Crippen LogP contribution in [-0.2, 0) is 20.2 Å². The Morgan fingerprint density at radius 1 is 1.20 bits per heavy atom. The van der Waals surface area contributed by atoms with Gasteiger partial charge in [-0.25, -0.2) is 27.8 Å². The van der Waals surface area contributed by atoms with Crippen molar-refractivity contribution in [1.29, 1.82) is 0 Å². The third kappa shape index (κ3) is 9.60. The lowest BCUT2D eigenvalue weighted by Gasteiger charge is -2.18. The largest absolute Gasteiger partial charge is 0.493 e. The normalized spacial score (nSPS) is 13.7. The molecule has 0 fully saturated rings. The molecule has 9 nitrogen and oxygen atoms in total. The average Bonchev–Trinajstić information content (AvgIpc) is 2.78. The smallest absolute Gasteiger partial charge is 0.442 e. The fraction of sp³-hybridized carbons (Fsp3) is 0.370. The topological polar surface area (TPSA) is 126 Å². The quantitative estimate of drug-likeness (QED) is 0.221. The first-order valence-corrected chi connectivity index (χ1v) is 14.7. The molecule has 2 aromatic carbocycles. The maximum atomic E-state index is 14.3. The van der Waals surface area contributed by atoms with Gasteiger partial charge in [0.15, 0.2) is 5.82 Å². The van der Waals surface area contributed by atoms with Crippen LogP contribution in [-0.4, -0.2) is 44.8 Å². The average molecular weight is 597 g/mol. The van der Waals surface area contributed by atoms with E-state index in [0.29, 0.717) is 23.4 Å². The Labute approximate surface area is 237 Å². The molecule has 0 bridgehead atoms. The number of carbonyl (C=O) groups excluding carboxylic acids is 1. The highest BCUT2D eigenvalue weighted by Gasteiger charge is 2.19. The van der Waals surface area contributed by atoms with Gasteiger partial charge in [-0.2, -0.15) is 0 Å². The van der Waals surface area contributed by atoms with Crippen LogP contribution in [0.25, 0.3) is 11.3 Å². The van der Waals surface area contributed by atoms with Crippen LogP contribution in [0, 0.1) is 11.6 Å². The van der Waals surface area contributed by atoms with Crippen LogP contribution in [0.15, 0.2) is 47.0 Å². The predicted molar refractivity (Wildman–Crippen MR) is 150 cm³/mol. The Morgan fingerprint density at radius 3 is 2.62 bits per heavy atom. The van der Waals surface area contributed by atoms with Crippen molar-refractivity contribution >= 4 is 33.1 Å². The van der Waals surface area contributed by atoms with E-state index in [1.807, 2.05) is 0 Å². The van der Waals surface area contributed by atoms with Crippen LogP contribution >= 0.6 is 11.6 Å². The van der Waals surface area contributed by atoms with Crippen LogP contribution in [0.3, 0.4) is 0 Å². The highest BCUT2D eigenvalue weighted by Crippen LogP contribution is 2.32. The number of carbonyl (C=O) groups is 1. The van der Waals surface area contributed by atoms with Crippen LogP contribution < -0.4 is 15.2 Å². The number of hydrogen-bond acceptors (Lipinski definition) is 8. The first-order chi connectivity index (χ1) is 18.6. The molecule has 0 aliphatic heterocycles. The maximum Gasteiger partial charge on any atom is 0.442 e. The van der Waals surface area contributed by atoms with Crippen LogP contribution in [0.5, 0.6) is 11.5 Å². The van der Waals surface area contributed by atoms with E-state index < -0.39 is 33.1 Å². The summed E-state index contributed by atoms with van der Waals surface area (Å²) in [6.45, 7) is 6.97. The molecule has 0 unspecified atom stereocenters. The van der Waals surface area contributed by atoms with Crippen molar-refractivity contribution < 1.29 is 32.0 Å². The van der Waals surface area contributed by atoms with E-state index in [2.05, 4.69) is 14.3 Å². The molecule has 1 amide bonds. The van der Waals surface area contributed by atoms with E-state index in [0.717, 1.165) is 18.3 Å². The minimum Gasteiger partial charge on any atom is -0.493 e. The molecular formula is C27H31ClF2N4O5S. The van der Waals surface area contributed by atoms with Gasteiger partial charge < -0.3 is 19.9 Å². The number of rotatable bonds is 9. The van der Waals surface area contributed by atoms with Crippen molar-refractivity contribution in [3.8, 4) is 22.8 Å². The van der Waals surface area contributed by atoms with Gasteiger partial charge in [0, 0.05) is 36.1 Å². The van der Waals surface area contributed by atoms with Crippen LogP contribution in [0.1, 0.15) is 39.7 Å². The van der Waals surface area contributed by atoms with E-state index in [4.69, 9.17) is 31.5 Å². The first kappa shape index (κ1) is 31.0. The Kier molecular flexibility index (Phi) is 9.91. The molecule has 3 rings (SSSR count). The highest BCUT2D eigenvalue weighted by atomic mass is 35.5. The lowest BCUT2D eigenvalue weighted by molar-refractivity contribution is 0.0607. The molecule has 2 atom stereocenters. The van der Waals surface area contributed by atoms with Gasteiger partial charge in [0.1, 0.15) is 28.6 Å². The number of nitrogens with two attached hydrogens (primary N) is 1. The molecule has 1 heterocycles. The monoisotopic (exact) mass is 596 g/mol. The van der Waals surface area contributed by atoms with Crippen molar-refractivity contribution in [1.82, 2.24) is 9.97 Å². The van der Waals surface area contributed by atoms with Gasteiger partial charge in [-0.15, -0.1) is 4.36 Å². The molecule has 13 heteroatoms. The molecule has 0 saturated carbocycles. The molecule has 2 N–H and O–H groups in total. The zero-order valence-corrected chi connectivity index (χ0v) is 24.3. The molecule has 0 saturated heterocycles. The lowest BCUT2D eigenvalue weighted by atomic mass is 10.1. The van der Waals surface area contributed by atoms with Gasteiger partial charge >= 0.3 is 6.09 Å². The van der Waals surface area contributed by atoms with E-state index in [9.17, 15) is 17.8 Å². The third-order valence-corrected chi connectivity index (χ3v) is 6.70. The van der Waals surface area contributed by atoms with Gasteiger partial charge in [-0.1, -0.05) is 0 Å². The summed E-state index contributed by atoms with van der Waals surface area (Å²) >= 11 is 5.80. The number of nitrogens with zero attached hydrogens (tertiary/aromatic N) is 3. The Bertz CT molecular complexity index is 1510. The van der Waals surface area contributed by atoms with Crippen molar-refractivity contribution in [2.45, 2.75) is 51.6 Å². The highest BCUT2D eigenvalue weighted by molar-refractivity contribution is 7.92. The summed E-state index contributed by atoms with van der Waals surface area (Å²) in [6.07, 6.45) is 1.37. The SMILES string of the molecule is C[C@H](CCOc1cc(F)ccc1-c1nc(Cl)ncc1F)Oc1cc(N)cc(C[S@](C)(=O)=NC(=O)OC(C)(C)C)c1. The summed E-state index contributed by atoms with van der Waals surface area (Å²) in [6, 6.07) is 8.53. The summed E-state index contributed by atoms with van der Waals surface area (Å²) in [4.78, 5) is 19.5. The van der Waals surface area contributed by atoms with Gasteiger partial charge in [0.05, 0.1) is 34.4 Å². The van der Waals surface area contributed by atoms with Crippen LogP contribution in [0.2, 0.25) is 5.28 Å². The maximum absolute atomic E-state index is 14.3. The molecule has 0 spiro atoms. The summed E-state index contributed by atoms with van der Waals surface area (Å²) in [5.41, 5.74) is 6.30. The lowest BCUT2D eigenvalue weighted by Crippen LogP contribution is -2.22. The summed E-state index contributed by atoms with van der Waals surface area (Å²) in [7, 11) is -2.95. The predicted octanol–water partition coefficient (Wildman–Crippen LogP) is 6.43. The van der Waals surface area contributed by atoms with Gasteiger partial charge in [0.25, 0.3) is 0 Å². The number of nitrogen functional groups attached to an aromatic ring is 1. The van der Waals surface area contributed by atoms with Gasteiger partial charge in [-0.05, 0) is 69.1 Å². The van der Waals surface area contributed by atoms with E-state index in [1.54, 1.807) is 45.9 Å². The molecule has 0 radical (unpaired) electrons. The van der Waals surface area contributed by atoms with E-state index >= 15 is 0 Å². The number of aromatic nitrogens is 2. The standard InChI is InChI=1S/C27H31ClF2N4O5S/c1-16(8-9-37-23-12-18(29)6-7-21(23)24-22(30)14-32-25(28)33-24)38-20-11-17(10-19(31)13-20)15-40(5,36)34-26(35)39-27(2,3)4/h6-7,10-14,16H,8-9,15,31H2,1-5H3/t16-,40+/m1/s1. The van der Waals surface area contributed by atoms with Gasteiger partial charge in [0.2, 0.25) is 5.28 Å². The number of anilines is 1. The number of halogens is 3. The van der Waals surface area contributed by atoms with Crippen molar-refractivity contribution in [2.24, 2.45) is 4.36 Å². The van der Waals surface area contributed by atoms with E-state index in [-0.39, 0.29) is 40.8 Å².